The number of thiophene rings is 1. The largest absolute Gasteiger partial charge is 0.491 e. The number of fused-ring (bicyclic) bond motifs is 1. The van der Waals surface area contributed by atoms with Crippen LogP contribution in [0.25, 0.3) is 10.1 Å². The van der Waals surface area contributed by atoms with Crippen LogP contribution in [0.15, 0.2) is 36.4 Å². The number of urea groups is 1. The molecule has 146 valence electrons. The number of methoxy groups -OCH3 is 1. The maximum atomic E-state index is 13.7. The van der Waals surface area contributed by atoms with Gasteiger partial charge in [-0.2, -0.15) is 0 Å². The number of ether oxygens (including phenoxy) is 2. The molecule has 2 N–H and O–H groups in total. The Labute approximate surface area is 163 Å². The molecule has 0 spiro atoms. The van der Waals surface area contributed by atoms with Crippen molar-refractivity contribution in [1.29, 1.82) is 0 Å². The molecule has 1 heterocycles. The highest BCUT2D eigenvalue weighted by Crippen LogP contribution is 2.39. The maximum Gasteiger partial charge on any atom is 0.351 e. The molecule has 0 atom stereocenters. The second-order valence-electron chi connectivity index (χ2n) is 5.60. The van der Waals surface area contributed by atoms with Crippen LogP contribution in [0.2, 0.25) is 0 Å². The first-order valence-electron chi connectivity index (χ1n) is 8.23. The van der Waals surface area contributed by atoms with E-state index in [-0.39, 0.29) is 5.69 Å². The second-order valence-corrected chi connectivity index (χ2v) is 6.65. The lowest BCUT2D eigenvalue weighted by molar-refractivity contribution is 0.0602. The molecule has 1 aromatic heterocycles. The summed E-state index contributed by atoms with van der Waals surface area (Å²) in [6.45, 7) is 2.13. The van der Waals surface area contributed by atoms with E-state index in [1.807, 2.05) is 0 Å². The molecule has 0 aliphatic carbocycles. The van der Waals surface area contributed by atoms with Crippen LogP contribution in [0.3, 0.4) is 0 Å². The number of rotatable bonds is 5. The van der Waals surface area contributed by atoms with E-state index in [1.54, 1.807) is 25.1 Å². The van der Waals surface area contributed by atoms with Gasteiger partial charge in [0.2, 0.25) is 0 Å². The summed E-state index contributed by atoms with van der Waals surface area (Å²) in [7, 11) is 1.28. The van der Waals surface area contributed by atoms with Crippen molar-refractivity contribution in [2.75, 3.05) is 24.4 Å². The molecule has 0 fully saturated rings. The maximum absolute atomic E-state index is 13.7. The van der Waals surface area contributed by atoms with Gasteiger partial charge in [0.05, 0.1) is 19.4 Å². The lowest BCUT2D eigenvalue weighted by Crippen LogP contribution is -2.20. The monoisotopic (exact) mass is 406 g/mol. The Kier molecular flexibility index (Phi) is 5.74. The minimum Gasteiger partial charge on any atom is -0.491 e. The highest BCUT2D eigenvalue weighted by molar-refractivity contribution is 7.21. The van der Waals surface area contributed by atoms with Gasteiger partial charge >= 0.3 is 12.0 Å². The van der Waals surface area contributed by atoms with E-state index in [9.17, 15) is 18.4 Å². The Bertz CT molecular complexity index is 1050. The van der Waals surface area contributed by atoms with Crippen LogP contribution in [0, 0.1) is 11.6 Å². The summed E-state index contributed by atoms with van der Waals surface area (Å²) in [5, 5.41) is 5.42. The number of hydrogen-bond acceptors (Lipinski definition) is 5. The average Bonchev–Trinajstić information content (AvgIpc) is 3.02. The van der Waals surface area contributed by atoms with Crippen molar-refractivity contribution in [1.82, 2.24) is 0 Å². The molecule has 0 saturated heterocycles. The normalized spacial score (nSPS) is 10.6. The Hall–Kier alpha value is -3.20. The van der Waals surface area contributed by atoms with Gasteiger partial charge in [-0.25, -0.2) is 18.4 Å². The molecule has 0 radical (unpaired) electrons. The van der Waals surface area contributed by atoms with Crippen LogP contribution in [0.4, 0.5) is 25.0 Å². The fraction of sp³-hybridized carbons (Fsp3) is 0.158. The first-order chi connectivity index (χ1) is 13.4. The Morgan fingerprint density at radius 2 is 1.89 bits per heavy atom. The number of amides is 2. The molecule has 28 heavy (non-hydrogen) atoms. The molecule has 0 bridgehead atoms. The third-order valence-electron chi connectivity index (χ3n) is 3.74. The van der Waals surface area contributed by atoms with E-state index in [4.69, 9.17) is 9.47 Å². The molecule has 2 amide bonds. The van der Waals surface area contributed by atoms with Gasteiger partial charge in [0.25, 0.3) is 0 Å². The van der Waals surface area contributed by atoms with Gasteiger partial charge in [-0.05, 0) is 37.3 Å². The number of benzene rings is 2. The van der Waals surface area contributed by atoms with Crippen molar-refractivity contribution in [3.8, 4) is 5.75 Å². The Morgan fingerprint density at radius 1 is 1.11 bits per heavy atom. The van der Waals surface area contributed by atoms with E-state index in [0.29, 0.717) is 28.3 Å². The zero-order chi connectivity index (χ0) is 20.3. The summed E-state index contributed by atoms with van der Waals surface area (Å²) in [4.78, 5) is 24.4. The number of hydrogen-bond donors (Lipinski definition) is 2. The fourth-order valence-corrected chi connectivity index (χ4v) is 3.59. The molecular weight excluding hydrogens is 390 g/mol. The highest BCUT2D eigenvalue weighted by Gasteiger charge is 2.21. The SMILES string of the molecule is CCOc1c(C(=O)OC)sc2ccc(NC(=O)Nc3cc(F)ccc3F)cc12. The zero-order valence-corrected chi connectivity index (χ0v) is 15.8. The number of nitrogens with one attached hydrogen (secondary N) is 2. The van der Waals surface area contributed by atoms with E-state index in [2.05, 4.69) is 10.6 Å². The first kappa shape index (κ1) is 19.6. The van der Waals surface area contributed by atoms with E-state index in [0.717, 1.165) is 22.9 Å². The average molecular weight is 406 g/mol. The Balaban J connectivity index is 1.87. The Morgan fingerprint density at radius 3 is 2.61 bits per heavy atom. The second kappa shape index (κ2) is 8.22. The number of halogens is 2. The molecule has 0 saturated carbocycles. The smallest absolute Gasteiger partial charge is 0.351 e. The highest BCUT2D eigenvalue weighted by atomic mass is 32.1. The van der Waals surface area contributed by atoms with Gasteiger partial charge < -0.3 is 20.1 Å². The van der Waals surface area contributed by atoms with Gasteiger partial charge in [-0.1, -0.05) is 0 Å². The molecule has 0 aliphatic rings. The van der Waals surface area contributed by atoms with Gasteiger partial charge in [-0.15, -0.1) is 11.3 Å². The first-order valence-corrected chi connectivity index (χ1v) is 9.05. The zero-order valence-electron chi connectivity index (χ0n) is 15.0. The molecule has 0 unspecified atom stereocenters. The standard InChI is InChI=1S/C19H16F2N2O4S/c1-3-27-16-12-9-11(5-7-15(12)28-17(16)18(24)26-2)22-19(25)23-14-8-10(20)4-6-13(14)21/h4-9H,3H2,1-2H3,(H2,22,23,25). The quantitative estimate of drug-likeness (QED) is 0.584. The van der Waals surface area contributed by atoms with Crippen LogP contribution in [0.1, 0.15) is 16.6 Å². The van der Waals surface area contributed by atoms with Crippen LogP contribution in [0.5, 0.6) is 5.75 Å². The molecular formula is C19H16F2N2O4S. The number of carbonyl (C=O) groups is 2. The molecule has 3 rings (SSSR count). The topological polar surface area (TPSA) is 76.7 Å². The summed E-state index contributed by atoms with van der Waals surface area (Å²) < 4.78 is 38.0. The lowest BCUT2D eigenvalue weighted by Gasteiger charge is -2.09. The van der Waals surface area contributed by atoms with Crippen LogP contribution in [-0.2, 0) is 4.74 Å². The number of esters is 1. The number of anilines is 2. The lowest BCUT2D eigenvalue weighted by atomic mass is 10.2. The van der Waals surface area contributed by atoms with Crippen molar-refractivity contribution < 1.29 is 27.8 Å². The van der Waals surface area contributed by atoms with E-state index < -0.39 is 23.6 Å². The van der Waals surface area contributed by atoms with Crippen LogP contribution < -0.4 is 15.4 Å². The van der Waals surface area contributed by atoms with Gasteiger partial charge in [0.1, 0.15) is 11.6 Å². The van der Waals surface area contributed by atoms with Gasteiger partial charge in [0, 0.05) is 21.8 Å². The van der Waals surface area contributed by atoms with Gasteiger partial charge in [-0.3, -0.25) is 0 Å². The fourth-order valence-electron chi connectivity index (χ4n) is 2.55. The summed E-state index contributed by atoms with van der Waals surface area (Å²) in [6, 6.07) is 6.98. The minimum atomic E-state index is -0.758. The summed E-state index contributed by atoms with van der Waals surface area (Å²) in [5.74, 6) is -1.58. The molecule has 9 heteroatoms. The summed E-state index contributed by atoms with van der Waals surface area (Å²) in [5.41, 5.74) is 0.106. The van der Waals surface area contributed by atoms with E-state index in [1.165, 1.54) is 18.4 Å². The predicted octanol–water partition coefficient (Wildman–Crippen LogP) is 5.01. The molecule has 3 aromatic rings. The van der Waals surface area contributed by atoms with Crippen LogP contribution >= 0.6 is 11.3 Å². The molecule has 2 aromatic carbocycles. The summed E-state index contributed by atoms with van der Waals surface area (Å²) >= 11 is 1.21. The number of carbonyl (C=O) groups excluding carboxylic acids is 2. The van der Waals surface area contributed by atoms with Crippen molar-refractivity contribution in [3.63, 3.8) is 0 Å². The molecule has 6 nitrogen and oxygen atoms in total. The van der Waals surface area contributed by atoms with Crippen molar-refractivity contribution in [3.05, 3.63) is 52.9 Å². The third kappa shape index (κ3) is 4.04. The van der Waals surface area contributed by atoms with Gasteiger partial charge in [0.15, 0.2) is 10.6 Å². The predicted molar refractivity (Wildman–Crippen MR) is 103 cm³/mol. The summed E-state index contributed by atoms with van der Waals surface area (Å²) in [6.07, 6.45) is 0. The van der Waals surface area contributed by atoms with E-state index >= 15 is 0 Å². The third-order valence-corrected chi connectivity index (χ3v) is 4.87. The molecule has 0 aliphatic heterocycles. The van der Waals surface area contributed by atoms with Crippen LogP contribution in [-0.4, -0.2) is 25.7 Å². The van der Waals surface area contributed by atoms with Crippen molar-refractivity contribution in [2.24, 2.45) is 0 Å². The van der Waals surface area contributed by atoms with Crippen molar-refractivity contribution >= 4 is 44.8 Å². The van der Waals surface area contributed by atoms with Crippen molar-refractivity contribution in [2.45, 2.75) is 6.92 Å². The minimum absolute atomic E-state index is 0.280.